The molecule has 0 aromatic heterocycles. The lowest BCUT2D eigenvalue weighted by Crippen LogP contribution is -2.42. The maximum Gasteiger partial charge on any atom is 0.255 e. The van der Waals surface area contributed by atoms with Crippen molar-refractivity contribution in [3.63, 3.8) is 0 Å². The molecule has 0 spiro atoms. The monoisotopic (exact) mass is 476 g/mol. The second kappa shape index (κ2) is 10.3. The lowest BCUT2D eigenvalue weighted by Gasteiger charge is -2.33. The number of amides is 1. The fourth-order valence-corrected chi connectivity index (χ4v) is 5.39. The molecule has 0 radical (unpaired) electrons. The number of hydrogen-bond acceptors (Lipinski definition) is 5. The zero-order chi connectivity index (χ0) is 22.7. The van der Waals surface area contributed by atoms with Gasteiger partial charge in [-0.1, -0.05) is 41.9 Å². The molecular formula is C23H29ClN4O3S. The minimum atomic E-state index is -1.88. The molecule has 172 valence electrons. The van der Waals surface area contributed by atoms with E-state index in [1.54, 1.807) is 23.1 Å². The summed E-state index contributed by atoms with van der Waals surface area (Å²) in [5.41, 5.74) is 1.99. The quantitative estimate of drug-likeness (QED) is 0.672. The highest BCUT2D eigenvalue weighted by Gasteiger charge is 2.27. The van der Waals surface area contributed by atoms with Crippen LogP contribution < -0.4 is 0 Å². The van der Waals surface area contributed by atoms with Crippen molar-refractivity contribution < 1.29 is 13.7 Å². The van der Waals surface area contributed by atoms with Crippen molar-refractivity contribution in [3.8, 4) is 0 Å². The first-order valence-corrected chi connectivity index (χ1v) is 12.3. The van der Waals surface area contributed by atoms with Crippen LogP contribution in [0.1, 0.15) is 28.4 Å². The zero-order valence-electron chi connectivity index (χ0n) is 18.4. The van der Waals surface area contributed by atoms with E-state index in [4.69, 9.17) is 16.3 Å². The standard InChI is InChI=1S/C23H29ClN4O3S/c1-26(2)19-10-11-28(15-19)32(30)25-18-8-9-20(21(24)14-18)23(29)27-12-13-31-22(16-27)17-6-4-3-5-7-17/h3-9,14,19,22,32H,10-13,15-16H2,1-2H3/t19-,22-/m1/s1. The van der Waals surface area contributed by atoms with Gasteiger partial charge >= 0.3 is 0 Å². The third-order valence-corrected chi connectivity index (χ3v) is 7.59. The van der Waals surface area contributed by atoms with E-state index in [2.05, 4.69) is 9.26 Å². The van der Waals surface area contributed by atoms with Gasteiger partial charge < -0.3 is 14.5 Å². The molecule has 2 saturated heterocycles. The number of thiol groups is 1. The van der Waals surface area contributed by atoms with Crippen LogP contribution in [0.5, 0.6) is 0 Å². The van der Waals surface area contributed by atoms with Gasteiger partial charge in [0.25, 0.3) is 5.91 Å². The van der Waals surface area contributed by atoms with Crippen LogP contribution >= 0.6 is 11.6 Å². The van der Waals surface area contributed by atoms with Crippen LogP contribution in [0.2, 0.25) is 5.02 Å². The number of carbonyl (C=O) groups is 1. The zero-order valence-corrected chi connectivity index (χ0v) is 20.0. The number of ether oxygens (including phenoxy) is 1. The molecule has 1 unspecified atom stereocenters. The van der Waals surface area contributed by atoms with E-state index < -0.39 is 10.8 Å². The molecule has 2 aliphatic heterocycles. The maximum atomic E-state index is 13.1. The molecule has 2 fully saturated rings. The van der Waals surface area contributed by atoms with Gasteiger partial charge in [-0.2, -0.15) is 4.36 Å². The van der Waals surface area contributed by atoms with Crippen LogP contribution in [-0.4, -0.2) is 77.1 Å². The van der Waals surface area contributed by atoms with Gasteiger partial charge in [0.1, 0.15) is 16.9 Å². The topological polar surface area (TPSA) is 65.5 Å². The lowest BCUT2D eigenvalue weighted by molar-refractivity contribution is -0.0228. The molecule has 3 atom stereocenters. The number of nitrogens with zero attached hydrogens (tertiary/aromatic N) is 4. The Morgan fingerprint density at radius 1 is 1.16 bits per heavy atom. The van der Waals surface area contributed by atoms with Crippen molar-refractivity contribution >= 4 is 34.0 Å². The predicted octanol–water partition coefficient (Wildman–Crippen LogP) is 3.40. The van der Waals surface area contributed by atoms with Gasteiger partial charge in [-0.3, -0.25) is 4.79 Å². The van der Waals surface area contributed by atoms with Crippen molar-refractivity contribution in [2.24, 2.45) is 4.36 Å². The average Bonchev–Trinajstić information content (AvgIpc) is 3.30. The van der Waals surface area contributed by atoms with Crippen molar-refractivity contribution in [2.75, 3.05) is 46.9 Å². The first-order chi connectivity index (χ1) is 15.4. The number of rotatable bonds is 5. The molecule has 9 heteroatoms. The summed E-state index contributed by atoms with van der Waals surface area (Å²) < 4.78 is 24.8. The van der Waals surface area contributed by atoms with E-state index in [0.29, 0.717) is 42.0 Å². The highest BCUT2D eigenvalue weighted by molar-refractivity contribution is 7.72. The first kappa shape index (κ1) is 23.2. The van der Waals surface area contributed by atoms with Crippen LogP contribution in [0.25, 0.3) is 0 Å². The minimum Gasteiger partial charge on any atom is -0.370 e. The highest BCUT2D eigenvalue weighted by Crippen LogP contribution is 2.28. The van der Waals surface area contributed by atoms with Gasteiger partial charge in [0.2, 0.25) is 0 Å². The molecule has 32 heavy (non-hydrogen) atoms. The summed E-state index contributed by atoms with van der Waals surface area (Å²) in [6.07, 6.45) is 0.818. The number of hydrogen-bond donors (Lipinski definition) is 1. The van der Waals surface area contributed by atoms with Gasteiger partial charge in [0.15, 0.2) is 0 Å². The summed E-state index contributed by atoms with van der Waals surface area (Å²) in [4.78, 5) is 17.0. The third kappa shape index (κ3) is 5.32. The third-order valence-electron chi connectivity index (χ3n) is 6.02. The van der Waals surface area contributed by atoms with E-state index in [-0.39, 0.29) is 12.0 Å². The van der Waals surface area contributed by atoms with Gasteiger partial charge in [-0.05, 0) is 44.3 Å². The SMILES string of the molecule is CN(C)[C@@H]1CCN(/[SH](=O)=N/c2ccc(C(=O)N3CCO[C@@H](c4ccccc4)C3)c(Cl)c2)C1. The molecule has 2 aromatic rings. The summed E-state index contributed by atoms with van der Waals surface area (Å²) in [5.74, 6) is -0.136. The van der Waals surface area contributed by atoms with Gasteiger partial charge in [-0.15, -0.1) is 0 Å². The first-order valence-electron chi connectivity index (χ1n) is 10.8. The van der Waals surface area contributed by atoms with Crippen molar-refractivity contribution in [3.05, 3.63) is 64.7 Å². The lowest BCUT2D eigenvalue weighted by atomic mass is 10.1. The Morgan fingerprint density at radius 3 is 2.62 bits per heavy atom. The molecule has 0 aliphatic carbocycles. The van der Waals surface area contributed by atoms with E-state index in [1.807, 2.05) is 48.7 Å². The maximum absolute atomic E-state index is 13.1. The van der Waals surface area contributed by atoms with Gasteiger partial charge in [-0.25, -0.2) is 8.51 Å². The Balaban J connectivity index is 1.45. The molecule has 0 bridgehead atoms. The molecule has 7 nitrogen and oxygen atoms in total. The van der Waals surface area contributed by atoms with Crippen molar-refractivity contribution in [1.82, 2.24) is 14.1 Å². The molecule has 1 amide bonds. The number of morpholine rings is 1. The molecular weight excluding hydrogens is 448 g/mol. The van der Waals surface area contributed by atoms with Crippen LogP contribution in [-0.2, 0) is 15.5 Å². The van der Waals surface area contributed by atoms with Crippen LogP contribution in [0.15, 0.2) is 52.9 Å². The largest absolute Gasteiger partial charge is 0.370 e. The molecule has 0 saturated carbocycles. The fourth-order valence-electron chi connectivity index (χ4n) is 4.08. The highest BCUT2D eigenvalue weighted by atomic mass is 35.5. The number of benzene rings is 2. The number of carbonyl (C=O) groups excluding carboxylic acids is 1. The smallest absolute Gasteiger partial charge is 0.255 e. The molecule has 2 aromatic carbocycles. The van der Waals surface area contributed by atoms with Crippen LogP contribution in [0, 0.1) is 0 Å². The van der Waals surface area contributed by atoms with Gasteiger partial charge in [0.05, 0.1) is 29.4 Å². The Labute approximate surface area is 196 Å². The summed E-state index contributed by atoms with van der Waals surface area (Å²) in [5, 5.41) is 0.315. The molecule has 2 aliphatic rings. The Hall–Kier alpha value is -1.97. The Morgan fingerprint density at radius 2 is 1.94 bits per heavy atom. The van der Waals surface area contributed by atoms with E-state index >= 15 is 0 Å². The van der Waals surface area contributed by atoms with E-state index in [1.165, 1.54) is 0 Å². The summed E-state index contributed by atoms with van der Waals surface area (Å²) in [6, 6.07) is 15.3. The van der Waals surface area contributed by atoms with Crippen molar-refractivity contribution in [1.29, 1.82) is 0 Å². The minimum absolute atomic E-state index is 0.136. The van der Waals surface area contributed by atoms with E-state index in [9.17, 15) is 9.00 Å². The van der Waals surface area contributed by atoms with Crippen LogP contribution in [0.4, 0.5) is 5.69 Å². The second-order valence-electron chi connectivity index (χ2n) is 8.36. The summed E-state index contributed by atoms with van der Waals surface area (Å²) in [7, 11) is 2.18. The normalized spacial score (nSPS) is 23.1. The predicted molar refractivity (Wildman–Crippen MR) is 128 cm³/mol. The molecule has 2 heterocycles. The summed E-state index contributed by atoms with van der Waals surface area (Å²) in [6.45, 7) is 2.94. The fraction of sp³-hybridized carbons (Fsp3) is 0.435. The molecule has 4 rings (SSSR count). The van der Waals surface area contributed by atoms with Crippen LogP contribution in [0.3, 0.4) is 0 Å². The second-order valence-corrected chi connectivity index (χ2v) is 10.0. The summed E-state index contributed by atoms with van der Waals surface area (Å²) >= 11 is 6.45. The average molecular weight is 477 g/mol. The number of likely N-dealkylation sites (N-methyl/N-ethyl adjacent to an activating group) is 1. The Bertz CT molecular complexity index is 1040. The number of halogens is 1. The van der Waals surface area contributed by atoms with Gasteiger partial charge in [0, 0.05) is 25.7 Å². The molecule has 0 N–H and O–H groups in total. The van der Waals surface area contributed by atoms with Crippen molar-refractivity contribution in [2.45, 2.75) is 18.6 Å². The Kier molecular flexibility index (Phi) is 7.48. The van der Waals surface area contributed by atoms with E-state index in [0.717, 1.165) is 25.1 Å².